The quantitative estimate of drug-likeness (QED) is 0.354. The molecule has 0 aliphatic carbocycles. The van der Waals surface area contributed by atoms with Gasteiger partial charge in [0.15, 0.2) is 0 Å². The Labute approximate surface area is 204 Å². The Morgan fingerprint density at radius 2 is 1.92 bits per heavy atom. The summed E-state index contributed by atoms with van der Waals surface area (Å²) in [4.78, 5) is 28.0. The molecule has 1 aromatic heterocycles. The lowest BCUT2D eigenvalue weighted by atomic mass is 10.1. The molecule has 0 unspecified atom stereocenters. The number of nitrogens with one attached hydrogen (secondary N) is 1. The molecular formula is C25H22F3N3O5. The molecule has 1 N–H and O–H groups in total. The first-order valence-electron chi connectivity index (χ1n) is 11.1. The third kappa shape index (κ3) is 6.16. The standard InChI is InChI=1S/C25H22F3N3O5/c26-25(27,28)18-3-1-2-16(12-18)15-30-24(32)17-6-9-29-22(13-17)21-14-20(4-5-23(21)31(33)34)36-19-7-10-35-11-8-19/h1-6,9,12-14,19H,7-8,10-11,15H2,(H,30,32). The molecule has 1 fully saturated rings. The summed E-state index contributed by atoms with van der Waals surface area (Å²) >= 11 is 0. The van der Waals surface area contributed by atoms with Crippen molar-refractivity contribution in [1.82, 2.24) is 10.3 Å². The average Bonchev–Trinajstić information content (AvgIpc) is 2.87. The van der Waals surface area contributed by atoms with Crippen LogP contribution in [0.15, 0.2) is 60.8 Å². The van der Waals surface area contributed by atoms with Crippen LogP contribution in [0, 0.1) is 10.1 Å². The third-order valence-corrected chi connectivity index (χ3v) is 5.64. The molecule has 0 bridgehead atoms. The van der Waals surface area contributed by atoms with Gasteiger partial charge in [-0.05, 0) is 42.0 Å². The van der Waals surface area contributed by atoms with Crippen molar-refractivity contribution in [2.75, 3.05) is 13.2 Å². The number of hydrogen-bond donors (Lipinski definition) is 1. The minimum absolute atomic E-state index is 0.0750. The Morgan fingerprint density at radius 1 is 1.14 bits per heavy atom. The van der Waals surface area contributed by atoms with Crippen LogP contribution in [0.5, 0.6) is 5.75 Å². The molecule has 11 heteroatoms. The second-order valence-electron chi connectivity index (χ2n) is 8.18. The van der Waals surface area contributed by atoms with Crippen LogP contribution in [0.25, 0.3) is 11.3 Å². The third-order valence-electron chi connectivity index (χ3n) is 5.64. The number of rotatable bonds is 7. The largest absolute Gasteiger partial charge is 0.490 e. The Bertz CT molecular complexity index is 1260. The number of carbonyl (C=O) groups excluding carboxylic acids is 1. The van der Waals surface area contributed by atoms with Crippen LogP contribution in [0.2, 0.25) is 0 Å². The van der Waals surface area contributed by atoms with E-state index < -0.39 is 22.6 Å². The van der Waals surface area contributed by atoms with Gasteiger partial charge in [0.05, 0.1) is 35.0 Å². The molecule has 3 aromatic rings. The lowest BCUT2D eigenvalue weighted by Crippen LogP contribution is -2.25. The van der Waals surface area contributed by atoms with Crippen LogP contribution in [0.4, 0.5) is 18.9 Å². The van der Waals surface area contributed by atoms with E-state index >= 15 is 0 Å². The topological polar surface area (TPSA) is 104 Å². The van der Waals surface area contributed by atoms with E-state index in [-0.39, 0.29) is 40.7 Å². The molecule has 0 atom stereocenters. The average molecular weight is 501 g/mol. The molecule has 1 saturated heterocycles. The van der Waals surface area contributed by atoms with Crippen molar-refractivity contribution in [3.63, 3.8) is 0 Å². The molecule has 2 aromatic carbocycles. The minimum Gasteiger partial charge on any atom is -0.490 e. The predicted octanol–water partition coefficient (Wildman–Crippen LogP) is 5.16. The SMILES string of the molecule is O=C(NCc1cccc(C(F)(F)F)c1)c1ccnc(-c2cc(OC3CCOCC3)ccc2[N+](=O)[O-])c1. The zero-order valence-corrected chi connectivity index (χ0v) is 19.0. The van der Waals surface area contributed by atoms with Gasteiger partial charge in [-0.2, -0.15) is 13.2 Å². The molecule has 1 amide bonds. The van der Waals surface area contributed by atoms with E-state index in [1.54, 1.807) is 0 Å². The molecule has 0 spiro atoms. The zero-order valence-electron chi connectivity index (χ0n) is 19.0. The highest BCUT2D eigenvalue weighted by Gasteiger charge is 2.30. The summed E-state index contributed by atoms with van der Waals surface area (Å²) in [5.74, 6) is -0.128. The van der Waals surface area contributed by atoms with Crippen LogP contribution in [0.3, 0.4) is 0 Å². The highest BCUT2D eigenvalue weighted by Crippen LogP contribution is 2.33. The number of alkyl halides is 3. The smallest absolute Gasteiger partial charge is 0.416 e. The van der Waals surface area contributed by atoms with Gasteiger partial charge in [-0.15, -0.1) is 0 Å². The van der Waals surface area contributed by atoms with Gasteiger partial charge in [-0.25, -0.2) is 0 Å². The Balaban J connectivity index is 1.53. The first-order chi connectivity index (χ1) is 17.2. The van der Waals surface area contributed by atoms with Crippen molar-refractivity contribution in [3.8, 4) is 17.0 Å². The number of halogens is 3. The normalized spacial score (nSPS) is 14.3. The molecule has 188 valence electrons. The van der Waals surface area contributed by atoms with Crippen molar-refractivity contribution >= 4 is 11.6 Å². The van der Waals surface area contributed by atoms with Gasteiger partial charge in [-0.1, -0.05) is 12.1 Å². The van der Waals surface area contributed by atoms with E-state index in [1.165, 1.54) is 48.7 Å². The lowest BCUT2D eigenvalue weighted by Gasteiger charge is -2.23. The van der Waals surface area contributed by atoms with Gasteiger partial charge < -0.3 is 14.8 Å². The molecule has 1 aliphatic rings. The van der Waals surface area contributed by atoms with Crippen LogP contribution in [-0.4, -0.2) is 35.1 Å². The Kier molecular flexibility index (Phi) is 7.49. The summed E-state index contributed by atoms with van der Waals surface area (Å²) in [6.07, 6.45) is -1.82. The molecule has 2 heterocycles. The molecule has 8 nitrogen and oxygen atoms in total. The summed E-state index contributed by atoms with van der Waals surface area (Å²) in [6.45, 7) is 1.02. The fourth-order valence-electron chi connectivity index (χ4n) is 3.80. The number of pyridine rings is 1. The molecule has 4 rings (SSSR count). The van der Waals surface area contributed by atoms with Gasteiger partial charge in [0, 0.05) is 37.2 Å². The van der Waals surface area contributed by atoms with Crippen LogP contribution in [0.1, 0.15) is 34.3 Å². The number of nitro groups is 1. The summed E-state index contributed by atoms with van der Waals surface area (Å²) in [5, 5.41) is 14.2. The minimum atomic E-state index is -4.49. The fourth-order valence-corrected chi connectivity index (χ4v) is 3.80. The van der Waals surface area contributed by atoms with Crippen molar-refractivity contribution in [2.45, 2.75) is 31.7 Å². The Hall–Kier alpha value is -3.99. The number of amides is 1. The molecule has 36 heavy (non-hydrogen) atoms. The predicted molar refractivity (Wildman–Crippen MR) is 123 cm³/mol. The number of hydrogen-bond acceptors (Lipinski definition) is 6. The number of benzene rings is 2. The maximum Gasteiger partial charge on any atom is 0.416 e. The van der Waals surface area contributed by atoms with Gasteiger partial charge in [-0.3, -0.25) is 19.9 Å². The van der Waals surface area contributed by atoms with Crippen LogP contribution < -0.4 is 10.1 Å². The summed E-state index contributed by atoms with van der Waals surface area (Å²) in [5.41, 5.74) is -0.222. The van der Waals surface area contributed by atoms with Gasteiger partial charge in [0.2, 0.25) is 0 Å². The molecule has 1 aliphatic heterocycles. The van der Waals surface area contributed by atoms with E-state index in [0.29, 0.717) is 31.8 Å². The van der Waals surface area contributed by atoms with Crippen LogP contribution >= 0.6 is 0 Å². The highest BCUT2D eigenvalue weighted by molar-refractivity contribution is 5.95. The number of carbonyl (C=O) groups is 1. The molecule has 0 saturated carbocycles. The summed E-state index contributed by atoms with van der Waals surface area (Å²) < 4.78 is 50.1. The monoisotopic (exact) mass is 501 g/mol. The highest BCUT2D eigenvalue weighted by atomic mass is 19.4. The number of nitro benzene ring substituents is 1. The van der Waals surface area contributed by atoms with E-state index in [0.717, 1.165) is 12.1 Å². The van der Waals surface area contributed by atoms with Crippen LogP contribution in [-0.2, 0) is 17.5 Å². The second-order valence-corrected chi connectivity index (χ2v) is 8.18. The maximum atomic E-state index is 12.9. The van der Waals surface area contributed by atoms with Crippen molar-refractivity contribution in [1.29, 1.82) is 0 Å². The van der Waals surface area contributed by atoms with E-state index in [9.17, 15) is 28.1 Å². The fraction of sp³-hybridized carbons (Fsp3) is 0.280. The summed E-state index contributed by atoms with van der Waals surface area (Å²) in [7, 11) is 0. The van der Waals surface area contributed by atoms with E-state index in [4.69, 9.17) is 9.47 Å². The number of nitrogens with zero attached hydrogens (tertiary/aromatic N) is 2. The lowest BCUT2D eigenvalue weighted by molar-refractivity contribution is -0.384. The van der Waals surface area contributed by atoms with Gasteiger partial charge in [0.25, 0.3) is 11.6 Å². The Morgan fingerprint density at radius 3 is 2.64 bits per heavy atom. The first kappa shape index (κ1) is 25.1. The van der Waals surface area contributed by atoms with Crippen molar-refractivity contribution in [3.05, 3.63) is 87.6 Å². The molecular weight excluding hydrogens is 479 g/mol. The van der Waals surface area contributed by atoms with Crippen molar-refractivity contribution in [2.24, 2.45) is 0 Å². The second kappa shape index (κ2) is 10.7. The van der Waals surface area contributed by atoms with E-state index in [1.807, 2.05) is 0 Å². The van der Waals surface area contributed by atoms with E-state index in [2.05, 4.69) is 10.3 Å². The van der Waals surface area contributed by atoms with Gasteiger partial charge >= 0.3 is 6.18 Å². The van der Waals surface area contributed by atoms with Gasteiger partial charge in [0.1, 0.15) is 11.9 Å². The first-order valence-corrected chi connectivity index (χ1v) is 11.1. The number of ether oxygens (including phenoxy) is 2. The zero-order chi connectivity index (χ0) is 25.7. The maximum absolute atomic E-state index is 12.9. The number of aromatic nitrogens is 1. The van der Waals surface area contributed by atoms with Crippen molar-refractivity contribution < 1.29 is 32.4 Å². The molecule has 0 radical (unpaired) electrons. The summed E-state index contributed by atoms with van der Waals surface area (Å²) in [6, 6.07) is 11.8.